The summed E-state index contributed by atoms with van der Waals surface area (Å²) >= 11 is 0. The van der Waals surface area contributed by atoms with Crippen molar-refractivity contribution in [1.82, 2.24) is 34.4 Å². The highest BCUT2D eigenvalue weighted by atomic mass is 15.1. The summed E-state index contributed by atoms with van der Waals surface area (Å²) in [6, 6.07) is 0. The zero-order valence-electron chi connectivity index (χ0n) is 14.3. The van der Waals surface area contributed by atoms with Crippen molar-refractivity contribution in [1.29, 1.82) is 0 Å². The zero-order valence-corrected chi connectivity index (χ0v) is 14.3. The quantitative estimate of drug-likeness (QED) is 0.727. The standard InChI is InChI=1S/C18H21N7/c1-14-7-22-16(8-21-14)12-24-5-2-3-15(11-24)17-9-20-10-18(23-17)25-6-4-19-13-25/h4,6-10,13,15H,2-3,5,11-12H2,1H3/t15-/m0/s1. The van der Waals surface area contributed by atoms with E-state index in [1.54, 1.807) is 18.7 Å². The predicted molar refractivity (Wildman–Crippen MR) is 93.2 cm³/mol. The molecular formula is C18H21N7. The Bertz CT molecular complexity index is 814. The van der Waals surface area contributed by atoms with Crippen LogP contribution in [-0.4, -0.2) is 47.5 Å². The van der Waals surface area contributed by atoms with E-state index in [0.717, 1.165) is 55.4 Å². The van der Waals surface area contributed by atoms with Crippen molar-refractivity contribution in [3.63, 3.8) is 0 Å². The molecule has 0 N–H and O–H groups in total. The number of likely N-dealkylation sites (tertiary alicyclic amines) is 1. The molecule has 1 aliphatic rings. The molecule has 1 aliphatic heterocycles. The number of nitrogens with zero attached hydrogens (tertiary/aromatic N) is 7. The monoisotopic (exact) mass is 335 g/mol. The lowest BCUT2D eigenvalue weighted by atomic mass is 9.95. The van der Waals surface area contributed by atoms with Gasteiger partial charge in [-0.15, -0.1) is 0 Å². The average Bonchev–Trinajstić information content (AvgIpc) is 3.19. The van der Waals surface area contributed by atoms with E-state index in [0.29, 0.717) is 5.92 Å². The first-order chi connectivity index (χ1) is 12.3. The molecule has 3 aromatic rings. The molecule has 3 aromatic heterocycles. The summed E-state index contributed by atoms with van der Waals surface area (Å²) in [4.78, 5) is 24.5. The number of aromatic nitrogens is 6. The fourth-order valence-electron chi connectivity index (χ4n) is 3.26. The number of aryl methyl sites for hydroxylation is 1. The Morgan fingerprint density at radius 3 is 2.88 bits per heavy atom. The second kappa shape index (κ2) is 7.06. The lowest BCUT2D eigenvalue weighted by Crippen LogP contribution is -2.34. The summed E-state index contributed by atoms with van der Waals surface area (Å²) in [5.41, 5.74) is 3.02. The molecule has 1 saturated heterocycles. The third-order valence-electron chi connectivity index (χ3n) is 4.55. The fourth-order valence-corrected chi connectivity index (χ4v) is 3.26. The van der Waals surface area contributed by atoms with Crippen LogP contribution >= 0.6 is 0 Å². The summed E-state index contributed by atoms with van der Waals surface area (Å²) in [7, 11) is 0. The van der Waals surface area contributed by atoms with Crippen molar-refractivity contribution in [2.75, 3.05) is 13.1 Å². The van der Waals surface area contributed by atoms with Gasteiger partial charge < -0.3 is 0 Å². The molecule has 0 bridgehead atoms. The van der Waals surface area contributed by atoms with Crippen molar-refractivity contribution in [3.8, 4) is 5.82 Å². The Morgan fingerprint density at radius 1 is 1.12 bits per heavy atom. The SMILES string of the molecule is Cc1cnc(CN2CCC[C@H](c3cncc(-n4ccnc4)n3)C2)cn1. The molecule has 128 valence electrons. The normalized spacial score (nSPS) is 18.4. The van der Waals surface area contributed by atoms with Crippen LogP contribution in [0.1, 0.15) is 35.8 Å². The summed E-state index contributed by atoms with van der Waals surface area (Å²) in [5, 5.41) is 0. The minimum absolute atomic E-state index is 0.392. The number of piperidine rings is 1. The molecule has 4 rings (SSSR count). The van der Waals surface area contributed by atoms with E-state index in [9.17, 15) is 0 Å². The average molecular weight is 335 g/mol. The predicted octanol–water partition coefficient (Wildman–Crippen LogP) is 2.14. The number of hydrogen-bond donors (Lipinski definition) is 0. The summed E-state index contributed by atoms with van der Waals surface area (Å²) in [5.74, 6) is 1.21. The molecule has 0 aliphatic carbocycles. The van der Waals surface area contributed by atoms with Gasteiger partial charge in [0.2, 0.25) is 0 Å². The van der Waals surface area contributed by atoms with Gasteiger partial charge in [-0.3, -0.25) is 24.4 Å². The largest absolute Gasteiger partial charge is 0.297 e. The van der Waals surface area contributed by atoms with Crippen LogP contribution in [0.3, 0.4) is 0 Å². The van der Waals surface area contributed by atoms with E-state index < -0.39 is 0 Å². The van der Waals surface area contributed by atoms with E-state index in [1.165, 1.54) is 0 Å². The molecule has 0 radical (unpaired) electrons. The lowest BCUT2D eigenvalue weighted by Gasteiger charge is -2.32. The molecule has 0 spiro atoms. The van der Waals surface area contributed by atoms with Gasteiger partial charge in [-0.1, -0.05) is 0 Å². The molecule has 25 heavy (non-hydrogen) atoms. The topological polar surface area (TPSA) is 72.6 Å². The van der Waals surface area contributed by atoms with Crippen molar-refractivity contribution in [3.05, 3.63) is 60.6 Å². The van der Waals surface area contributed by atoms with Gasteiger partial charge in [0.15, 0.2) is 5.82 Å². The van der Waals surface area contributed by atoms with Crippen molar-refractivity contribution >= 4 is 0 Å². The molecule has 0 amide bonds. The van der Waals surface area contributed by atoms with Crippen LogP contribution in [0.5, 0.6) is 0 Å². The van der Waals surface area contributed by atoms with Crippen LogP contribution in [0.15, 0.2) is 43.5 Å². The molecule has 0 aromatic carbocycles. The van der Waals surface area contributed by atoms with Crippen LogP contribution in [0.2, 0.25) is 0 Å². The third kappa shape index (κ3) is 3.71. The van der Waals surface area contributed by atoms with Crippen LogP contribution < -0.4 is 0 Å². The maximum absolute atomic E-state index is 4.80. The van der Waals surface area contributed by atoms with Crippen molar-refractivity contribution in [2.45, 2.75) is 32.2 Å². The summed E-state index contributed by atoms with van der Waals surface area (Å²) in [6.45, 7) is 4.84. The third-order valence-corrected chi connectivity index (χ3v) is 4.55. The van der Waals surface area contributed by atoms with E-state index in [4.69, 9.17) is 4.98 Å². The number of hydrogen-bond acceptors (Lipinski definition) is 6. The summed E-state index contributed by atoms with van der Waals surface area (Å²) in [6.07, 6.45) is 15.0. The molecule has 7 heteroatoms. The maximum Gasteiger partial charge on any atom is 0.156 e. The number of imidazole rings is 1. The van der Waals surface area contributed by atoms with Crippen LogP contribution in [0, 0.1) is 6.92 Å². The first-order valence-corrected chi connectivity index (χ1v) is 8.58. The van der Waals surface area contributed by atoms with Gasteiger partial charge in [0.25, 0.3) is 0 Å². The van der Waals surface area contributed by atoms with Gasteiger partial charge >= 0.3 is 0 Å². The molecule has 0 unspecified atom stereocenters. The smallest absolute Gasteiger partial charge is 0.156 e. The molecule has 7 nitrogen and oxygen atoms in total. The molecular weight excluding hydrogens is 314 g/mol. The second-order valence-corrected chi connectivity index (χ2v) is 6.50. The van der Waals surface area contributed by atoms with Crippen molar-refractivity contribution in [2.24, 2.45) is 0 Å². The Labute approximate surface area is 146 Å². The molecule has 1 fully saturated rings. The first-order valence-electron chi connectivity index (χ1n) is 8.58. The Kier molecular flexibility index (Phi) is 4.47. The van der Waals surface area contributed by atoms with Gasteiger partial charge in [0.05, 0.1) is 23.3 Å². The van der Waals surface area contributed by atoms with Crippen LogP contribution in [-0.2, 0) is 6.54 Å². The second-order valence-electron chi connectivity index (χ2n) is 6.50. The molecule has 0 saturated carbocycles. The number of rotatable bonds is 4. The van der Waals surface area contributed by atoms with Crippen LogP contribution in [0.25, 0.3) is 5.82 Å². The maximum atomic E-state index is 4.80. The van der Waals surface area contributed by atoms with Gasteiger partial charge in [0.1, 0.15) is 6.33 Å². The van der Waals surface area contributed by atoms with Crippen LogP contribution in [0.4, 0.5) is 0 Å². The Hall–Kier alpha value is -2.67. The van der Waals surface area contributed by atoms with E-state index in [1.807, 2.05) is 36.3 Å². The first kappa shape index (κ1) is 15.8. The highest BCUT2D eigenvalue weighted by Gasteiger charge is 2.23. The minimum atomic E-state index is 0.392. The van der Waals surface area contributed by atoms with E-state index in [-0.39, 0.29) is 0 Å². The summed E-state index contributed by atoms with van der Waals surface area (Å²) < 4.78 is 1.89. The fraction of sp³-hybridized carbons (Fsp3) is 0.389. The van der Waals surface area contributed by atoms with Gasteiger partial charge in [-0.2, -0.15) is 0 Å². The van der Waals surface area contributed by atoms with Gasteiger partial charge in [-0.05, 0) is 26.3 Å². The zero-order chi connectivity index (χ0) is 17.1. The molecule has 4 heterocycles. The lowest BCUT2D eigenvalue weighted by molar-refractivity contribution is 0.196. The van der Waals surface area contributed by atoms with E-state index in [2.05, 4.69) is 24.8 Å². The van der Waals surface area contributed by atoms with Gasteiger partial charge in [-0.25, -0.2) is 9.97 Å². The minimum Gasteiger partial charge on any atom is -0.297 e. The molecule has 1 atom stereocenters. The highest BCUT2D eigenvalue weighted by Crippen LogP contribution is 2.26. The van der Waals surface area contributed by atoms with E-state index >= 15 is 0 Å². The Balaban J connectivity index is 1.47. The Morgan fingerprint density at radius 2 is 2.08 bits per heavy atom. The van der Waals surface area contributed by atoms with Crippen molar-refractivity contribution < 1.29 is 0 Å². The highest BCUT2D eigenvalue weighted by molar-refractivity contribution is 5.21. The van der Waals surface area contributed by atoms with Gasteiger partial charge in [0, 0.05) is 50.0 Å².